The molecule has 41 heavy (non-hydrogen) atoms. The number of rotatable bonds is 8. The van der Waals surface area contributed by atoms with Gasteiger partial charge < -0.3 is 20.1 Å². The lowest BCUT2D eigenvalue weighted by molar-refractivity contribution is -0.134. The molecule has 3 aromatic carbocycles. The molecule has 2 heterocycles. The molecule has 5 aromatic rings. The number of nitrogens with zero attached hydrogens (tertiary/aromatic N) is 2. The molecule has 2 amide bonds. The molecule has 2 aromatic heterocycles. The predicted molar refractivity (Wildman–Crippen MR) is 153 cm³/mol. The molecule has 0 spiro atoms. The van der Waals surface area contributed by atoms with Crippen LogP contribution in [0.5, 0.6) is 17.4 Å². The summed E-state index contributed by atoms with van der Waals surface area (Å²) >= 11 is 0. The van der Waals surface area contributed by atoms with Gasteiger partial charge in [0.1, 0.15) is 0 Å². The molecule has 0 atom stereocenters. The number of anilines is 2. The number of benzene rings is 3. The fraction of sp³-hybridized carbons (Fsp3) is 0.0667. The van der Waals surface area contributed by atoms with Crippen LogP contribution in [0.3, 0.4) is 0 Å². The van der Waals surface area contributed by atoms with E-state index in [4.69, 9.17) is 9.47 Å². The number of hydrogen-bond donors (Lipinski definition) is 2. The third kappa shape index (κ3) is 5.99. The summed E-state index contributed by atoms with van der Waals surface area (Å²) in [7, 11) is -3.92. The van der Waals surface area contributed by atoms with Gasteiger partial charge in [-0.3, -0.25) is 9.78 Å². The van der Waals surface area contributed by atoms with Crippen molar-refractivity contribution in [1.29, 1.82) is 0 Å². The highest BCUT2D eigenvalue weighted by molar-refractivity contribution is 7.91. The lowest BCUT2D eigenvalue weighted by Gasteiger charge is -2.17. The second kappa shape index (κ2) is 11.8. The van der Waals surface area contributed by atoms with Gasteiger partial charge in [0.25, 0.3) is 0 Å². The molecule has 0 saturated heterocycles. The molecule has 0 saturated carbocycles. The van der Waals surface area contributed by atoms with E-state index in [9.17, 15) is 18.0 Å². The number of pyridine rings is 2. The van der Waals surface area contributed by atoms with Crippen molar-refractivity contribution < 1.29 is 27.5 Å². The van der Waals surface area contributed by atoms with Gasteiger partial charge in [-0.25, -0.2) is 18.2 Å². The van der Waals surface area contributed by atoms with Gasteiger partial charge in [-0.2, -0.15) is 0 Å². The average molecular weight is 569 g/mol. The molecule has 206 valence electrons. The van der Waals surface area contributed by atoms with Crippen molar-refractivity contribution >= 4 is 44.0 Å². The zero-order chi connectivity index (χ0) is 28.8. The molecule has 0 aliphatic heterocycles. The van der Waals surface area contributed by atoms with Crippen LogP contribution >= 0.6 is 0 Å². The number of fused-ring (bicyclic) bond motifs is 1. The number of amides is 2. The fourth-order valence-electron chi connectivity index (χ4n) is 3.97. The lowest BCUT2D eigenvalue weighted by Crippen LogP contribution is -2.22. The molecule has 2 N–H and O–H groups in total. The number of sulfone groups is 1. The standard InChI is InChI=1S/C30H24N4O6S/c1-2-27(35)40-28-24(12-8-13-25(28)39-29-22-16-17-31-19-20(22)15-18-32-29)34-30(36)33-23-11-6-7-14-26(23)41(37,38)21-9-4-3-5-10-21/h3-19H,2H2,1H3,(H2,33,34,36). The van der Waals surface area contributed by atoms with E-state index < -0.39 is 21.8 Å². The molecule has 0 bridgehead atoms. The summed E-state index contributed by atoms with van der Waals surface area (Å²) in [6.07, 6.45) is 4.91. The van der Waals surface area contributed by atoms with Crippen LogP contribution in [0, 0.1) is 0 Å². The van der Waals surface area contributed by atoms with E-state index in [1.807, 2.05) is 0 Å². The quantitative estimate of drug-likeness (QED) is 0.166. The van der Waals surface area contributed by atoms with E-state index in [0.717, 1.165) is 5.39 Å². The highest BCUT2D eigenvalue weighted by atomic mass is 32.2. The maximum absolute atomic E-state index is 13.3. The first-order valence-electron chi connectivity index (χ1n) is 12.5. The van der Waals surface area contributed by atoms with E-state index >= 15 is 0 Å². The monoisotopic (exact) mass is 568 g/mol. The Balaban J connectivity index is 1.45. The number of carbonyl (C=O) groups is 2. The molecule has 0 aliphatic rings. The summed E-state index contributed by atoms with van der Waals surface area (Å²) in [6.45, 7) is 1.63. The Labute approximate surface area is 235 Å². The van der Waals surface area contributed by atoms with Gasteiger partial charge >= 0.3 is 12.0 Å². The molecule has 11 heteroatoms. The number of para-hydroxylation sites is 2. The van der Waals surface area contributed by atoms with Crippen LogP contribution in [0.25, 0.3) is 10.8 Å². The summed E-state index contributed by atoms with van der Waals surface area (Å²) in [5, 5.41) is 6.71. The third-order valence-electron chi connectivity index (χ3n) is 5.94. The normalized spacial score (nSPS) is 11.0. The smallest absolute Gasteiger partial charge is 0.323 e. The molecular formula is C30H24N4O6S. The minimum atomic E-state index is -3.92. The van der Waals surface area contributed by atoms with Gasteiger partial charge in [0.15, 0.2) is 11.5 Å². The van der Waals surface area contributed by atoms with E-state index in [2.05, 4.69) is 20.6 Å². The molecule has 0 aliphatic carbocycles. The van der Waals surface area contributed by atoms with Crippen molar-refractivity contribution in [2.75, 3.05) is 10.6 Å². The van der Waals surface area contributed by atoms with Gasteiger partial charge in [0.2, 0.25) is 15.7 Å². The largest absolute Gasteiger partial charge is 0.434 e. The maximum Gasteiger partial charge on any atom is 0.323 e. The van der Waals surface area contributed by atoms with Crippen molar-refractivity contribution in [2.24, 2.45) is 0 Å². The van der Waals surface area contributed by atoms with E-state index in [-0.39, 0.29) is 45.0 Å². The van der Waals surface area contributed by atoms with Gasteiger partial charge in [0, 0.05) is 35.8 Å². The number of carbonyl (C=O) groups excluding carboxylic acids is 2. The van der Waals surface area contributed by atoms with Crippen molar-refractivity contribution in [3.05, 3.63) is 104 Å². The van der Waals surface area contributed by atoms with E-state index in [1.165, 1.54) is 30.3 Å². The van der Waals surface area contributed by atoms with Crippen molar-refractivity contribution in [3.63, 3.8) is 0 Å². The summed E-state index contributed by atoms with van der Waals surface area (Å²) in [5.41, 5.74) is 0.189. The predicted octanol–water partition coefficient (Wildman–Crippen LogP) is 6.21. The molecule has 5 rings (SSSR count). The van der Waals surface area contributed by atoms with Crippen LogP contribution in [0.15, 0.2) is 113 Å². The maximum atomic E-state index is 13.3. The van der Waals surface area contributed by atoms with Gasteiger partial charge in [-0.05, 0) is 48.5 Å². The van der Waals surface area contributed by atoms with Gasteiger partial charge in [-0.1, -0.05) is 43.3 Å². The Bertz CT molecular complexity index is 1840. The highest BCUT2D eigenvalue weighted by Gasteiger charge is 2.23. The first-order chi connectivity index (χ1) is 19.9. The van der Waals surface area contributed by atoms with Crippen molar-refractivity contribution in [3.8, 4) is 17.4 Å². The van der Waals surface area contributed by atoms with Crippen LogP contribution in [-0.2, 0) is 14.6 Å². The summed E-state index contributed by atoms with van der Waals surface area (Å²) in [4.78, 5) is 33.9. The average Bonchev–Trinajstić information content (AvgIpc) is 2.99. The SMILES string of the molecule is CCC(=O)Oc1c(NC(=O)Nc2ccccc2S(=O)(=O)c2ccccc2)cccc1Oc1nccc2cnccc12. The number of ether oxygens (including phenoxy) is 2. The number of nitrogens with one attached hydrogen (secondary N) is 2. The molecule has 0 unspecified atom stereocenters. The second-order valence-electron chi connectivity index (χ2n) is 8.67. The van der Waals surface area contributed by atoms with Crippen LogP contribution in [0.4, 0.5) is 16.2 Å². The second-order valence-corrected chi connectivity index (χ2v) is 10.6. The third-order valence-corrected chi connectivity index (χ3v) is 7.77. The molecule has 0 fully saturated rings. The molecule has 10 nitrogen and oxygen atoms in total. The van der Waals surface area contributed by atoms with E-state index in [1.54, 1.807) is 80.1 Å². The first kappa shape index (κ1) is 27.3. The van der Waals surface area contributed by atoms with Crippen molar-refractivity contribution in [1.82, 2.24) is 9.97 Å². The number of urea groups is 1. The Morgan fingerprint density at radius 3 is 2.37 bits per heavy atom. The summed E-state index contributed by atoms with van der Waals surface area (Å²) in [5.74, 6) is -0.208. The zero-order valence-corrected chi connectivity index (χ0v) is 22.6. The zero-order valence-electron chi connectivity index (χ0n) is 21.8. The summed E-state index contributed by atoms with van der Waals surface area (Å²) < 4.78 is 38.1. The molecule has 0 radical (unpaired) electrons. The van der Waals surface area contributed by atoms with Crippen LogP contribution in [-0.4, -0.2) is 30.4 Å². The van der Waals surface area contributed by atoms with E-state index in [0.29, 0.717) is 5.39 Å². The Kier molecular flexibility index (Phi) is 7.88. The Morgan fingerprint density at radius 1 is 0.829 bits per heavy atom. The Hall–Kier alpha value is -5.29. The number of aromatic nitrogens is 2. The minimum absolute atomic E-state index is 0.0347. The topological polar surface area (TPSA) is 137 Å². The van der Waals surface area contributed by atoms with Crippen molar-refractivity contribution in [2.45, 2.75) is 23.1 Å². The lowest BCUT2D eigenvalue weighted by atomic mass is 10.2. The fourth-order valence-corrected chi connectivity index (χ4v) is 5.40. The van der Waals surface area contributed by atoms with Crippen LogP contribution in [0.2, 0.25) is 0 Å². The van der Waals surface area contributed by atoms with Crippen LogP contribution in [0.1, 0.15) is 13.3 Å². The van der Waals surface area contributed by atoms with Gasteiger partial charge in [-0.15, -0.1) is 0 Å². The highest BCUT2D eigenvalue weighted by Crippen LogP contribution is 2.39. The number of esters is 1. The Morgan fingerprint density at radius 2 is 1.56 bits per heavy atom. The number of hydrogen-bond acceptors (Lipinski definition) is 8. The van der Waals surface area contributed by atoms with Crippen LogP contribution < -0.4 is 20.1 Å². The van der Waals surface area contributed by atoms with Gasteiger partial charge in [0.05, 0.1) is 21.2 Å². The minimum Gasteiger partial charge on any atom is -0.434 e. The molecular weight excluding hydrogens is 544 g/mol. The summed E-state index contributed by atoms with van der Waals surface area (Å²) in [6, 6.07) is 21.4. The first-order valence-corrected chi connectivity index (χ1v) is 14.0.